The van der Waals surface area contributed by atoms with Crippen LogP contribution in [0.4, 0.5) is 0 Å². The Morgan fingerprint density at radius 3 is 2.93 bits per heavy atom. The summed E-state index contributed by atoms with van der Waals surface area (Å²) in [5.41, 5.74) is 2.44. The van der Waals surface area contributed by atoms with Gasteiger partial charge in [-0.3, -0.25) is 4.99 Å². The van der Waals surface area contributed by atoms with Gasteiger partial charge in [0.1, 0.15) is 5.82 Å². The van der Waals surface area contributed by atoms with E-state index in [2.05, 4.69) is 64.1 Å². The summed E-state index contributed by atoms with van der Waals surface area (Å²) in [6, 6.07) is 8.75. The Bertz CT molecular complexity index is 846. The topological polar surface area (TPSA) is 63.5 Å². The van der Waals surface area contributed by atoms with E-state index in [0.717, 1.165) is 49.8 Å². The molecule has 1 aromatic heterocycles. The lowest BCUT2D eigenvalue weighted by Crippen LogP contribution is -2.68. The van der Waals surface area contributed by atoms with E-state index >= 15 is 0 Å². The largest absolute Gasteiger partial charge is 0.377 e. The Morgan fingerprint density at radius 1 is 1.36 bits per heavy atom. The first-order valence-electron chi connectivity index (χ1n) is 10.0. The van der Waals surface area contributed by atoms with Gasteiger partial charge in [-0.1, -0.05) is 26.0 Å². The summed E-state index contributed by atoms with van der Waals surface area (Å²) in [5.74, 6) is 2.58. The standard InChI is InChI=1S/C21H31N5O.HI/c1-14-24-16-8-5-6-9-17(16)26(14)12-7-11-23-20(22-4)25-18-15-10-13-27-19(15)21(18,2)3;/h5-6,8-9,15,18-19H,7,10-13H2,1-4H3,(H2,22,23,25);1H. The summed E-state index contributed by atoms with van der Waals surface area (Å²) in [5, 5.41) is 7.12. The molecule has 0 spiro atoms. The normalized spacial score (nSPS) is 25.7. The SMILES string of the molecule is CN=C(NCCCn1c(C)nc2ccccc21)NC1C2CCOC2C1(C)C.I. The number of guanidine groups is 1. The molecule has 6 nitrogen and oxygen atoms in total. The van der Waals surface area contributed by atoms with Gasteiger partial charge < -0.3 is 19.9 Å². The van der Waals surface area contributed by atoms with E-state index in [1.807, 2.05) is 13.1 Å². The molecule has 0 amide bonds. The molecule has 1 saturated carbocycles. The third-order valence-corrected chi connectivity index (χ3v) is 6.31. The second-order valence-electron chi connectivity index (χ2n) is 8.34. The Labute approximate surface area is 184 Å². The molecule has 154 valence electrons. The average Bonchev–Trinajstić information content (AvgIpc) is 3.24. The quantitative estimate of drug-likeness (QED) is 0.288. The zero-order valence-electron chi connectivity index (χ0n) is 17.2. The second kappa shape index (κ2) is 8.57. The highest BCUT2D eigenvalue weighted by atomic mass is 127. The molecule has 1 aliphatic carbocycles. The van der Waals surface area contributed by atoms with Crippen molar-refractivity contribution in [2.24, 2.45) is 16.3 Å². The molecule has 3 atom stereocenters. The number of ether oxygens (including phenoxy) is 1. The number of fused-ring (bicyclic) bond motifs is 2. The molecule has 1 saturated heterocycles. The van der Waals surface area contributed by atoms with Crippen molar-refractivity contribution in [2.45, 2.75) is 52.3 Å². The van der Waals surface area contributed by atoms with Crippen LogP contribution in [0.3, 0.4) is 0 Å². The minimum atomic E-state index is 0. The predicted molar refractivity (Wildman–Crippen MR) is 124 cm³/mol. The lowest BCUT2D eigenvalue weighted by Gasteiger charge is -2.54. The Morgan fingerprint density at radius 2 is 2.14 bits per heavy atom. The van der Waals surface area contributed by atoms with E-state index in [1.54, 1.807) is 0 Å². The van der Waals surface area contributed by atoms with Crippen LogP contribution in [-0.2, 0) is 11.3 Å². The molecule has 4 rings (SSSR count). The highest BCUT2D eigenvalue weighted by Gasteiger charge is 2.59. The molecule has 0 bridgehead atoms. The van der Waals surface area contributed by atoms with Crippen LogP contribution in [0.5, 0.6) is 0 Å². The van der Waals surface area contributed by atoms with Crippen molar-refractivity contribution >= 4 is 41.0 Å². The lowest BCUT2D eigenvalue weighted by atomic mass is 9.57. The van der Waals surface area contributed by atoms with Gasteiger partial charge in [0.05, 0.1) is 17.1 Å². The molecule has 0 radical (unpaired) electrons. The molecule has 2 fully saturated rings. The molecule has 2 aliphatic rings. The molecule has 1 aromatic carbocycles. The fraction of sp³-hybridized carbons (Fsp3) is 0.619. The lowest BCUT2D eigenvalue weighted by molar-refractivity contribution is -0.106. The van der Waals surface area contributed by atoms with Crippen molar-refractivity contribution < 1.29 is 4.74 Å². The predicted octanol–water partition coefficient (Wildman–Crippen LogP) is 3.33. The van der Waals surface area contributed by atoms with Gasteiger partial charge >= 0.3 is 0 Å². The van der Waals surface area contributed by atoms with Crippen molar-refractivity contribution in [2.75, 3.05) is 20.2 Å². The van der Waals surface area contributed by atoms with Crippen LogP contribution in [0.2, 0.25) is 0 Å². The monoisotopic (exact) mass is 497 g/mol. The highest BCUT2D eigenvalue weighted by Crippen LogP contribution is 2.52. The first-order valence-corrected chi connectivity index (χ1v) is 10.0. The maximum Gasteiger partial charge on any atom is 0.191 e. The van der Waals surface area contributed by atoms with Crippen molar-refractivity contribution in [1.29, 1.82) is 0 Å². The first kappa shape index (κ1) is 21.4. The Balaban J connectivity index is 0.00000225. The van der Waals surface area contributed by atoms with E-state index in [-0.39, 0.29) is 29.4 Å². The average molecular weight is 497 g/mol. The number of rotatable bonds is 5. The summed E-state index contributed by atoms with van der Waals surface area (Å²) < 4.78 is 8.18. The zero-order chi connectivity index (χ0) is 19.0. The van der Waals surface area contributed by atoms with Crippen molar-refractivity contribution in [1.82, 2.24) is 20.2 Å². The Kier molecular flexibility index (Phi) is 6.54. The van der Waals surface area contributed by atoms with Gasteiger partial charge in [-0.05, 0) is 31.9 Å². The van der Waals surface area contributed by atoms with Crippen LogP contribution in [0.25, 0.3) is 11.0 Å². The van der Waals surface area contributed by atoms with Crippen LogP contribution in [-0.4, -0.2) is 47.9 Å². The Hall–Kier alpha value is -1.35. The third-order valence-electron chi connectivity index (χ3n) is 6.31. The number of nitrogens with zero attached hydrogens (tertiary/aromatic N) is 3. The number of halogens is 1. The number of para-hydroxylation sites is 2. The maximum atomic E-state index is 5.89. The summed E-state index contributed by atoms with van der Waals surface area (Å²) in [4.78, 5) is 9.07. The second-order valence-corrected chi connectivity index (χ2v) is 8.34. The molecule has 2 aromatic rings. The van der Waals surface area contributed by atoms with Crippen LogP contribution >= 0.6 is 24.0 Å². The number of imidazole rings is 1. The minimum absolute atomic E-state index is 0. The van der Waals surface area contributed by atoms with Gasteiger partial charge in [0.2, 0.25) is 0 Å². The zero-order valence-corrected chi connectivity index (χ0v) is 19.6. The van der Waals surface area contributed by atoms with Gasteiger partial charge in [0, 0.05) is 44.1 Å². The van der Waals surface area contributed by atoms with E-state index in [4.69, 9.17) is 4.74 Å². The summed E-state index contributed by atoms with van der Waals surface area (Å²) in [6.45, 7) is 9.37. The van der Waals surface area contributed by atoms with Gasteiger partial charge in [-0.2, -0.15) is 0 Å². The molecule has 28 heavy (non-hydrogen) atoms. The fourth-order valence-corrected chi connectivity index (χ4v) is 4.88. The molecule has 2 N–H and O–H groups in total. The van der Waals surface area contributed by atoms with Crippen molar-refractivity contribution in [3.8, 4) is 0 Å². The summed E-state index contributed by atoms with van der Waals surface area (Å²) in [7, 11) is 1.84. The van der Waals surface area contributed by atoms with Crippen LogP contribution in [0, 0.1) is 18.3 Å². The summed E-state index contributed by atoms with van der Waals surface area (Å²) >= 11 is 0. The van der Waals surface area contributed by atoms with E-state index in [9.17, 15) is 0 Å². The van der Waals surface area contributed by atoms with Crippen LogP contribution < -0.4 is 10.6 Å². The van der Waals surface area contributed by atoms with E-state index < -0.39 is 0 Å². The smallest absolute Gasteiger partial charge is 0.191 e. The van der Waals surface area contributed by atoms with Crippen LogP contribution in [0.15, 0.2) is 29.3 Å². The van der Waals surface area contributed by atoms with Crippen LogP contribution in [0.1, 0.15) is 32.5 Å². The first-order chi connectivity index (χ1) is 13.0. The highest BCUT2D eigenvalue weighted by molar-refractivity contribution is 14.0. The van der Waals surface area contributed by atoms with E-state index in [0.29, 0.717) is 18.1 Å². The molecule has 2 heterocycles. The van der Waals surface area contributed by atoms with Gasteiger partial charge in [0.25, 0.3) is 0 Å². The van der Waals surface area contributed by atoms with Crippen molar-refractivity contribution in [3.63, 3.8) is 0 Å². The number of aryl methyl sites for hydroxylation is 2. The maximum absolute atomic E-state index is 5.89. The molecule has 1 aliphatic heterocycles. The molecule has 7 heteroatoms. The van der Waals surface area contributed by atoms with Gasteiger partial charge in [-0.25, -0.2) is 4.98 Å². The van der Waals surface area contributed by atoms with Gasteiger partial charge in [-0.15, -0.1) is 24.0 Å². The molecular weight excluding hydrogens is 465 g/mol. The fourth-order valence-electron chi connectivity index (χ4n) is 4.88. The third kappa shape index (κ3) is 3.75. The molecule has 3 unspecified atom stereocenters. The number of aromatic nitrogens is 2. The number of benzene rings is 1. The van der Waals surface area contributed by atoms with Gasteiger partial charge in [0.15, 0.2) is 5.96 Å². The number of hydrogen-bond acceptors (Lipinski definition) is 3. The number of hydrogen-bond donors (Lipinski definition) is 2. The van der Waals surface area contributed by atoms with E-state index in [1.165, 1.54) is 5.52 Å². The number of nitrogens with one attached hydrogen (secondary N) is 2. The number of aliphatic imine (C=N–C) groups is 1. The summed E-state index contributed by atoms with van der Waals surface area (Å²) in [6.07, 6.45) is 2.56. The minimum Gasteiger partial charge on any atom is -0.377 e. The van der Waals surface area contributed by atoms with Crippen molar-refractivity contribution in [3.05, 3.63) is 30.1 Å². The molecular formula is C21H32IN5O.